The monoisotopic (exact) mass is 372 g/mol. The molecule has 2 aromatic carbocycles. The van der Waals surface area contributed by atoms with Crippen LogP contribution in [-0.4, -0.2) is 24.0 Å². The van der Waals surface area contributed by atoms with Crippen LogP contribution in [0.1, 0.15) is 36.9 Å². The summed E-state index contributed by atoms with van der Waals surface area (Å²) in [5, 5.41) is 3.80. The normalized spacial score (nSPS) is 18.0. The van der Waals surface area contributed by atoms with Crippen LogP contribution < -0.4 is 5.32 Å². The molecule has 1 unspecified atom stereocenters. The lowest BCUT2D eigenvalue weighted by Crippen LogP contribution is -2.42. The number of nitrogens with zero attached hydrogens (tertiary/aromatic N) is 1. The standard InChI is InChI=1S/C20H25BrN2/c1-16(18-8-5-9-19(21)14-18)22-20-10-12-23(13-11-20)15-17-6-3-2-4-7-17/h2-9,14,16,20,22H,10-13,15H2,1H3. The third kappa shape index (κ3) is 4.90. The van der Waals surface area contributed by atoms with Gasteiger partial charge in [-0.05, 0) is 56.1 Å². The van der Waals surface area contributed by atoms with Gasteiger partial charge in [-0.3, -0.25) is 4.90 Å². The maximum Gasteiger partial charge on any atom is 0.0294 e. The van der Waals surface area contributed by atoms with E-state index in [1.54, 1.807) is 0 Å². The maximum atomic E-state index is 3.80. The molecule has 1 aliphatic heterocycles. The van der Waals surface area contributed by atoms with Gasteiger partial charge in [0.05, 0.1) is 0 Å². The van der Waals surface area contributed by atoms with E-state index in [2.05, 4.69) is 87.7 Å². The molecule has 3 rings (SSSR count). The van der Waals surface area contributed by atoms with E-state index < -0.39 is 0 Å². The summed E-state index contributed by atoms with van der Waals surface area (Å²) in [5.74, 6) is 0. The Kier molecular flexibility index (Phi) is 5.87. The highest BCUT2D eigenvalue weighted by Gasteiger charge is 2.20. The molecule has 0 aliphatic carbocycles. The van der Waals surface area contributed by atoms with Crippen LogP contribution in [-0.2, 0) is 6.54 Å². The van der Waals surface area contributed by atoms with Gasteiger partial charge in [0.1, 0.15) is 0 Å². The number of piperidine rings is 1. The first-order chi connectivity index (χ1) is 11.2. The topological polar surface area (TPSA) is 15.3 Å². The van der Waals surface area contributed by atoms with Crippen LogP contribution in [0.4, 0.5) is 0 Å². The van der Waals surface area contributed by atoms with Crippen molar-refractivity contribution in [1.29, 1.82) is 0 Å². The van der Waals surface area contributed by atoms with Crippen LogP contribution in [0, 0.1) is 0 Å². The fourth-order valence-corrected chi connectivity index (χ4v) is 3.74. The van der Waals surface area contributed by atoms with Crippen LogP contribution in [0.15, 0.2) is 59.1 Å². The Bertz CT molecular complexity index is 606. The maximum absolute atomic E-state index is 3.80. The number of hydrogen-bond donors (Lipinski definition) is 1. The number of rotatable bonds is 5. The summed E-state index contributed by atoms with van der Waals surface area (Å²) < 4.78 is 1.15. The Morgan fingerprint density at radius 2 is 1.83 bits per heavy atom. The summed E-state index contributed by atoms with van der Waals surface area (Å²) in [4.78, 5) is 2.57. The van der Waals surface area contributed by atoms with Crippen LogP contribution in [0.2, 0.25) is 0 Å². The number of nitrogens with one attached hydrogen (secondary N) is 1. The first-order valence-electron chi connectivity index (χ1n) is 8.48. The van der Waals surface area contributed by atoms with Gasteiger partial charge in [0.15, 0.2) is 0 Å². The van der Waals surface area contributed by atoms with Crippen molar-refractivity contribution < 1.29 is 0 Å². The molecule has 0 bridgehead atoms. The third-order valence-electron chi connectivity index (χ3n) is 4.67. The van der Waals surface area contributed by atoms with Crippen molar-refractivity contribution in [3.05, 3.63) is 70.2 Å². The molecule has 1 aliphatic rings. The van der Waals surface area contributed by atoms with Gasteiger partial charge in [-0.15, -0.1) is 0 Å². The van der Waals surface area contributed by atoms with Gasteiger partial charge in [0.2, 0.25) is 0 Å². The van der Waals surface area contributed by atoms with Gasteiger partial charge in [-0.1, -0.05) is 58.4 Å². The first kappa shape index (κ1) is 16.7. The minimum absolute atomic E-state index is 0.401. The molecule has 2 nitrogen and oxygen atoms in total. The van der Waals surface area contributed by atoms with Crippen molar-refractivity contribution in [2.45, 2.75) is 38.4 Å². The zero-order chi connectivity index (χ0) is 16.1. The molecular weight excluding hydrogens is 348 g/mol. The Morgan fingerprint density at radius 3 is 2.52 bits per heavy atom. The van der Waals surface area contributed by atoms with Crippen LogP contribution in [0.3, 0.4) is 0 Å². The van der Waals surface area contributed by atoms with Gasteiger partial charge in [0.25, 0.3) is 0 Å². The summed E-state index contributed by atoms with van der Waals surface area (Å²) in [6.07, 6.45) is 2.45. The highest BCUT2D eigenvalue weighted by Crippen LogP contribution is 2.21. The predicted molar refractivity (Wildman–Crippen MR) is 100 cm³/mol. The summed E-state index contributed by atoms with van der Waals surface area (Å²) in [6, 6.07) is 20.4. The predicted octanol–water partition coefficient (Wildman–Crippen LogP) is 4.76. The van der Waals surface area contributed by atoms with Crippen molar-refractivity contribution in [3.63, 3.8) is 0 Å². The second kappa shape index (κ2) is 8.09. The van der Waals surface area contributed by atoms with Gasteiger partial charge in [0, 0.05) is 23.1 Å². The molecule has 122 valence electrons. The molecule has 23 heavy (non-hydrogen) atoms. The van der Waals surface area contributed by atoms with Crippen LogP contribution in [0.5, 0.6) is 0 Å². The average molecular weight is 373 g/mol. The van der Waals surface area contributed by atoms with E-state index in [-0.39, 0.29) is 0 Å². The molecule has 0 radical (unpaired) electrons. The molecule has 1 fully saturated rings. The van der Waals surface area contributed by atoms with Crippen LogP contribution >= 0.6 is 15.9 Å². The first-order valence-corrected chi connectivity index (χ1v) is 9.28. The van der Waals surface area contributed by atoms with Crippen molar-refractivity contribution >= 4 is 15.9 Å². The van der Waals surface area contributed by atoms with E-state index >= 15 is 0 Å². The van der Waals surface area contributed by atoms with Crippen LogP contribution in [0.25, 0.3) is 0 Å². The summed E-state index contributed by atoms with van der Waals surface area (Å²) in [5.41, 5.74) is 2.77. The molecule has 1 saturated heterocycles. The summed E-state index contributed by atoms with van der Waals surface area (Å²) in [7, 11) is 0. The molecule has 0 amide bonds. The van der Waals surface area contributed by atoms with E-state index in [0.717, 1.165) is 11.0 Å². The number of likely N-dealkylation sites (tertiary alicyclic amines) is 1. The van der Waals surface area contributed by atoms with E-state index in [1.807, 2.05) is 0 Å². The lowest BCUT2D eigenvalue weighted by Gasteiger charge is -2.34. The van der Waals surface area contributed by atoms with E-state index in [9.17, 15) is 0 Å². The van der Waals surface area contributed by atoms with Crippen molar-refractivity contribution in [2.75, 3.05) is 13.1 Å². The van der Waals surface area contributed by atoms with Crippen molar-refractivity contribution in [3.8, 4) is 0 Å². The zero-order valence-electron chi connectivity index (χ0n) is 13.7. The lowest BCUT2D eigenvalue weighted by molar-refractivity contribution is 0.185. The molecule has 2 aromatic rings. The Labute approximate surface area is 148 Å². The molecule has 0 saturated carbocycles. The minimum atomic E-state index is 0.401. The Morgan fingerprint density at radius 1 is 1.09 bits per heavy atom. The fourth-order valence-electron chi connectivity index (χ4n) is 3.33. The van der Waals surface area contributed by atoms with E-state index in [0.29, 0.717) is 12.1 Å². The smallest absolute Gasteiger partial charge is 0.0294 e. The summed E-state index contributed by atoms with van der Waals surface area (Å²) >= 11 is 3.56. The molecule has 3 heteroatoms. The number of benzene rings is 2. The molecule has 1 N–H and O–H groups in total. The molecule has 1 atom stereocenters. The van der Waals surface area contributed by atoms with Gasteiger partial charge in [-0.2, -0.15) is 0 Å². The number of halogens is 1. The van der Waals surface area contributed by atoms with E-state index in [1.165, 1.54) is 37.1 Å². The zero-order valence-corrected chi connectivity index (χ0v) is 15.3. The quantitative estimate of drug-likeness (QED) is 0.813. The van der Waals surface area contributed by atoms with Crippen molar-refractivity contribution in [2.24, 2.45) is 0 Å². The molecule has 0 aromatic heterocycles. The van der Waals surface area contributed by atoms with Crippen molar-refractivity contribution in [1.82, 2.24) is 10.2 Å². The second-order valence-corrected chi connectivity index (χ2v) is 7.40. The number of hydrogen-bond acceptors (Lipinski definition) is 2. The Balaban J connectivity index is 1.47. The molecular formula is C20H25BrN2. The lowest BCUT2D eigenvalue weighted by atomic mass is 10.0. The molecule has 0 spiro atoms. The molecule has 1 heterocycles. The summed E-state index contributed by atoms with van der Waals surface area (Å²) in [6.45, 7) is 5.70. The van der Waals surface area contributed by atoms with Gasteiger partial charge >= 0.3 is 0 Å². The van der Waals surface area contributed by atoms with Gasteiger partial charge in [-0.25, -0.2) is 0 Å². The van der Waals surface area contributed by atoms with Gasteiger partial charge < -0.3 is 5.32 Å². The Hall–Kier alpha value is -1.16. The largest absolute Gasteiger partial charge is 0.307 e. The SMILES string of the molecule is CC(NC1CCN(Cc2ccccc2)CC1)c1cccc(Br)c1. The fraction of sp³-hybridized carbons (Fsp3) is 0.400. The highest BCUT2D eigenvalue weighted by atomic mass is 79.9. The average Bonchev–Trinajstić information content (AvgIpc) is 2.57. The highest BCUT2D eigenvalue weighted by molar-refractivity contribution is 9.10. The second-order valence-electron chi connectivity index (χ2n) is 6.48. The minimum Gasteiger partial charge on any atom is -0.307 e. The third-order valence-corrected chi connectivity index (χ3v) is 5.16. The van der Waals surface area contributed by atoms with E-state index in [4.69, 9.17) is 0 Å².